The fourth-order valence-corrected chi connectivity index (χ4v) is 2.67. The number of halogens is 1. The molecule has 0 atom stereocenters. The Balaban J connectivity index is 2.19. The predicted molar refractivity (Wildman–Crippen MR) is 86.2 cm³/mol. The Hall–Kier alpha value is -2.21. The standard InChI is InChI=1S/C15H14BrN5/c1-9-3-4-13(16)14(7-9)21-15(18-19-20-21)11-5-10(2)6-12(17)8-11/h3-8H,17H2,1-2H3. The van der Waals surface area contributed by atoms with Gasteiger partial charge in [0.2, 0.25) is 0 Å². The number of aryl methyl sites for hydroxylation is 2. The molecule has 1 heterocycles. The lowest BCUT2D eigenvalue weighted by Crippen LogP contribution is -2.02. The molecule has 2 aromatic carbocycles. The number of benzene rings is 2. The van der Waals surface area contributed by atoms with Crippen LogP contribution in [0.4, 0.5) is 5.69 Å². The first-order chi connectivity index (χ1) is 10.0. The van der Waals surface area contributed by atoms with E-state index in [1.54, 1.807) is 4.68 Å². The van der Waals surface area contributed by atoms with E-state index < -0.39 is 0 Å². The van der Waals surface area contributed by atoms with Crippen molar-refractivity contribution >= 4 is 21.6 Å². The Morgan fingerprint density at radius 1 is 1.05 bits per heavy atom. The quantitative estimate of drug-likeness (QED) is 0.725. The number of anilines is 1. The van der Waals surface area contributed by atoms with Crippen LogP contribution in [0.1, 0.15) is 11.1 Å². The van der Waals surface area contributed by atoms with Crippen LogP contribution in [0.15, 0.2) is 40.9 Å². The van der Waals surface area contributed by atoms with E-state index in [0.29, 0.717) is 11.5 Å². The Morgan fingerprint density at radius 2 is 1.86 bits per heavy atom. The van der Waals surface area contributed by atoms with Gasteiger partial charge in [-0.05, 0) is 81.7 Å². The van der Waals surface area contributed by atoms with Crippen molar-refractivity contribution in [2.75, 3.05) is 5.73 Å². The Kier molecular flexibility index (Phi) is 3.47. The van der Waals surface area contributed by atoms with E-state index in [0.717, 1.165) is 26.9 Å². The minimum Gasteiger partial charge on any atom is -0.399 e. The number of hydrogen-bond donors (Lipinski definition) is 1. The number of rotatable bonds is 2. The summed E-state index contributed by atoms with van der Waals surface area (Å²) >= 11 is 3.55. The molecule has 0 fully saturated rings. The van der Waals surface area contributed by atoms with Crippen molar-refractivity contribution in [1.29, 1.82) is 0 Å². The van der Waals surface area contributed by atoms with Crippen LogP contribution in [-0.2, 0) is 0 Å². The molecule has 3 aromatic rings. The highest BCUT2D eigenvalue weighted by Crippen LogP contribution is 2.27. The molecule has 0 bridgehead atoms. The molecule has 0 aliphatic carbocycles. The van der Waals surface area contributed by atoms with Crippen LogP contribution in [0.2, 0.25) is 0 Å². The van der Waals surface area contributed by atoms with Crippen molar-refractivity contribution in [2.45, 2.75) is 13.8 Å². The molecule has 21 heavy (non-hydrogen) atoms. The first-order valence-electron chi connectivity index (χ1n) is 6.47. The highest BCUT2D eigenvalue weighted by atomic mass is 79.9. The molecule has 106 valence electrons. The lowest BCUT2D eigenvalue weighted by Gasteiger charge is -2.09. The summed E-state index contributed by atoms with van der Waals surface area (Å²) in [5.74, 6) is 0.664. The molecule has 0 saturated heterocycles. The maximum Gasteiger partial charge on any atom is 0.187 e. The molecule has 0 amide bonds. The third-order valence-electron chi connectivity index (χ3n) is 3.16. The average Bonchev–Trinajstić information content (AvgIpc) is 2.89. The van der Waals surface area contributed by atoms with E-state index in [1.165, 1.54) is 0 Å². The first-order valence-corrected chi connectivity index (χ1v) is 7.26. The average molecular weight is 344 g/mol. The van der Waals surface area contributed by atoms with Gasteiger partial charge in [0.15, 0.2) is 5.82 Å². The van der Waals surface area contributed by atoms with Gasteiger partial charge in [-0.1, -0.05) is 6.07 Å². The van der Waals surface area contributed by atoms with E-state index in [-0.39, 0.29) is 0 Å². The maximum atomic E-state index is 5.92. The molecule has 2 N–H and O–H groups in total. The fourth-order valence-electron chi connectivity index (χ4n) is 2.26. The molecular weight excluding hydrogens is 330 g/mol. The predicted octanol–water partition coefficient (Wildman–Crippen LogP) is 3.29. The molecule has 5 nitrogen and oxygen atoms in total. The minimum absolute atomic E-state index is 0.664. The summed E-state index contributed by atoms with van der Waals surface area (Å²) in [6.07, 6.45) is 0. The van der Waals surface area contributed by atoms with Crippen LogP contribution in [0.25, 0.3) is 17.1 Å². The number of tetrazole rings is 1. The molecule has 0 saturated carbocycles. The summed E-state index contributed by atoms with van der Waals surface area (Å²) in [7, 11) is 0. The maximum absolute atomic E-state index is 5.92. The highest BCUT2D eigenvalue weighted by molar-refractivity contribution is 9.10. The molecule has 3 rings (SSSR count). The SMILES string of the molecule is Cc1cc(N)cc(-c2nnnn2-c2cc(C)ccc2Br)c1. The zero-order valence-electron chi connectivity index (χ0n) is 11.7. The molecule has 1 aromatic heterocycles. The van der Waals surface area contributed by atoms with E-state index in [1.807, 2.05) is 50.2 Å². The van der Waals surface area contributed by atoms with E-state index in [2.05, 4.69) is 31.5 Å². The lowest BCUT2D eigenvalue weighted by molar-refractivity contribution is 0.788. The van der Waals surface area contributed by atoms with Gasteiger partial charge in [0, 0.05) is 15.7 Å². The van der Waals surface area contributed by atoms with Crippen LogP contribution in [-0.4, -0.2) is 20.2 Å². The zero-order chi connectivity index (χ0) is 15.0. The van der Waals surface area contributed by atoms with Crippen LogP contribution in [0.3, 0.4) is 0 Å². The van der Waals surface area contributed by atoms with Crippen molar-refractivity contribution in [2.24, 2.45) is 0 Å². The summed E-state index contributed by atoms with van der Waals surface area (Å²) in [6, 6.07) is 11.9. The van der Waals surface area contributed by atoms with Gasteiger partial charge in [-0.3, -0.25) is 0 Å². The molecule has 0 unspecified atom stereocenters. The van der Waals surface area contributed by atoms with Gasteiger partial charge < -0.3 is 5.73 Å². The number of nitrogens with zero attached hydrogens (tertiary/aromatic N) is 4. The van der Waals surface area contributed by atoms with Crippen LogP contribution < -0.4 is 5.73 Å². The number of aromatic nitrogens is 4. The second kappa shape index (κ2) is 5.29. The van der Waals surface area contributed by atoms with Crippen molar-refractivity contribution in [3.05, 3.63) is 52.0 Å². The van der Waals surface area contributed by atoms with Crippen molar-refractivity contribution in [3.63, 3.8) is 0 Å². The third-order valence-corrected chi connectivity index (χ3v) is 3.83. The van der Waals surface area contributed by atoms with E-state index in [9.17, 15) is 0 Å². The second-order valence-electron chi connectivity index (χ2n) is 5.00. The normalized spacial score (nSPS) is 10.8. The smallest absolute Gasteiger partial charge is 0.187 e. The van der Waals surface area contributed by atoms with Crippen LogP contribution in [0.5, 0.6) is 0 Å². The molecule has 0 radical (unpaired) electrons. The van der Waals surface area contributed by atoms with Gasteiger partial charge >= 0.3 is 0 Å². The van der Waals surface area contributed by atoms with Crippen molar-refractivity contribution in [1.82, 2.24) is 20.2 Å². The topological polar surface area (TPSA) is 69.6 Å². The Bertz CT molecular complexity index is 789. The van der Waals surface area contributed by atoms with Gasteiger partial charge in [-0.2, -0.15) is 4.68 Å². The molecular formula is C15H14BrN5. The van der Waals surface area contributed by atoms with Gasteiger partial charge in [-0.15, -0.1) is 5.10 Å². The first kappa shape index (κ1) is 13.8. The van der Waals surface area contributed by atoms with E-state index >= 15 is 0 Å². The molecule has 0 spiro atoms. The lowest BCUT2D eigenvalue weighted by atomic mass is 10.1. The number of nitrogens with two attached hydrogens (primary N) is 1. The summed E-state index contributed by atoms with van der Waals surface area (Å²) in [5.41, 5.74) is 10.6. The van der Waals surface area contributed by atoms with Gasteiger partial charge in [0.05, 0.1) is 5.69 Å². The molecule has 6 heteroatoms. The van der Waals surface area contributed by atoms with Gasteiger partial charge in [-0.25, -0.2) is 0 Å². The Labute approximate surface area is 130 Å². The second-order valence-corrected chi connectivity index (χ2v) is 5.86. The van der Waals surface area contributed by atoms with Gasteiger partial charge in [0.25, 0.3) is 0 Å². The summed E-state index contributed by atoms with van der Waals surface area (Å²) in [4.78, 5) is 0. The van der Waals surface area contributed by atoms with Crippen molar-refractivity contribution in [3.8, 4) is 17.1 Å². The highest BCUT2D eigenvalue weighted by Gasteiger charge is 2.14. The number of nitrogen functional groups attached to an aromatic ring is 1. The third kappa shape index (κ3) is 2.67. The summed E-state index contributed by atoms with van der Waals surface area (Å²) in [6.45, 7) is 4.03. The largest absolute Gasteiger partial charge is 0.399 e. The Morgan fingerprint density at radius 3 is 2.62 bits per heavy atom. The number of hydrogen-bond acceptors (Lipinski definition) is 4. The summed E-state index contributed by atoms with van der Waals surface area (Å²) in [5, 5.41) is 12.1. The fraction of sp³-hybridized carbons (Fsp3) is 0.133. The monoisotopic (exact) mass is 343 g/mol. The minimum atomic E-state index is 0.664. The van der Waals surface area contributed by atoms with Crippen LogP contribution >= 0.6 is 15.9 Å². The van der Waals surface area contributed by atoms with E-state index in [4.69, 9.17) is 5.73 Å². The summed E-state index contributed by atoms with van der Waals surface area (Å²) < 4.78 is 2.65. The van der Waals surface area contributed by atoms with Crippen LogP contribution in [0, 0.1) is 13.8 Å². The molecule has 0 aliphatic rings. The van der Waals surface area contributed by atoms with Gasteiger partial charge in [0.1, 0.15) is 0 Å². The zero-order valence-corrected chi connectivity index (χ0v) is 13.3. The van der Waals surface area contributed by atoms with Crippen molar-refractivity contribution < 1.29 is 0 Å². The molecule has 0 aliphatic heterocycles.